The van der Waals surface area contributed by atoms with Crippen LogP contribution < -0.4 is 15.4 Å². The Morgan fingerprint density at radius 2 is 2.13 bits per heavy atom. The average Bonchev–Trinajstić information content (AvgIpc) is 2.53. The van der Waals surface area contributed by atoms with Crippen molar-refractivity contribution in [3.8, 4) is 5.75 Å². The number of amides is 2. The molecule has 2 amide bonds. The minimum absolute atomic E-state index is 0.0514. The number of hydrogen-bond donors (Lipinski definition) is 2. The van der Waals surface area contributed by atoms with E-state index >= 15 is 0 Å². The maximum absolute atomic E-state index is 12.3. The van der Waals surface area contributed by atoms with Crippen LogP contribution in [0.15, 0.2) is 24.3 Å². The number of nitrogens with one attached hydrogen (secondary N) is 2. The SMILES string of the molecule is COc1ccccc1NC(=O)NC[C@]1(N(C)C)CCC[C@@H](C)C1. The van der Waals surface area contributed by atoms with Gasteiger partial charge in [-0.1, -0.05) is 31.9 Å². The van der Waals surface area contributed by atoms with Gasteiger partial charge in [0.15, 0.2) is 0 Å². The van der Waals surface area contributed by atoms with Crippen molar-refractivity contribution in [2.45, 2.75) is 38.1 Å². The lowest BCUT2D eigenvalue weighted by Crippen LogP contribution is -2.55. The van der Waals surface area contributed by atoms with Gasteiger partial charge >= 0.3 is 6.03 Å². The molecule has 5 nitrogen and oxygen atoms in total. The number of carbonyl (C=O) groups excluding carboxylic acids is 1. The number of anilines is 1. The lowest BCUT2D eigenvalue weighted by molar-refractivity contribution is 0.0779. The fourth-order valence-electron chi connectivity index (χ4n) is 3.52. The van der Waals surface area contributed by atoms with Gasteiger partial charge in [0.1, 0.15) is 5.75 Å². The molecule has 2 N–H and O–H groups in total. The maximum Gasteiger partial charge on any atom is 0.319 e. The van der Waals surface area contributed by atoms with Crippen molar-refractivity contribution < 1.29 is 9.53 Å². The van der Waals surface area contributed by atoms with Gasteiger partial charge in [0.25, 0.3) is 0 Å². The number of benzene rings is 1. The van der Waals surface area contributed by atoms with E-state index in [-0.39, 0.29) is 11.6 Å². The number of likely N-dealkylation sites (N-methyl/N-ethyl adjacent to an activating group) is 1. The molecule has 0 heterocycles. The topological polar surface area (TPSA) is 53.6 Å². The lowest BCUT2D eigenvalue weighted by atomic mass is 9.75. The first-order valence-electron chi connectivity index (χ1n) is 8.32. The molecule has 0 spiro atoms. The number of rotatable bonds is 5. The van der Waals surface area contributed by atoms with Crippen molar-refractivity contribution in [1.82, 2.24) is 10.2 Å². The fourth-order valence-corrected chi connectivity index (χ4v) is 3.52. The highest BCUT2D eigenvalue weighted by Crippen LogP contribution is 2.35. The molecule has 128 valence electrons. The molecule has 0 unspecified atom stereocenters. The molecule has 1 aliphatic carbocycles. The summed E-state index contributed by atoms with van der Waals surface area (Å²) in [5.74, 6) is 1.36. The standard InChI is InChI=1S/C18H29N3O2/c1-14-8-7-11-18(12-14,21(2)3)13-19-17(22)20-15-9-5-6-10-16(15)23-4/h5-6,9-10,14H,7-8,11-13H2,1-4H3,(H2,19,20,22)/t14-,18+/m1/s1. The third-order valence-electron chi connectivity index (χ3n) is 4.95. The van der Waals surface area contributed by atoms with E-state index in [0.29, 0.717) is 23.9 Å². The minimum Gasteiger partial charge on any atom is -0.495 e. The van der Waals surface area contributed by atoms with E-state index in [1.54, 1.807) is 7.11 Å². The van der Waals surface area contributed by atoms with Crippen LogP contribution in [0.5, 0.6) is 5.75 Å². The van der Waals surface area contributed by atoms with Crippen molar-refractivity contribution in [2.24, 2.45) is 5.92 Å². The van der Waals surface area contributed by atoms with Gasteiger partial charge in [-0.2, -0.15) is 0 Å². The quantitative estimate of drug-likeness (QED) is 0.875. The number of methoxy groups -OCH3 is 1. The van der Waals surface area contributed by atoms with Gasteiger partial charge in [-0.05, 0) is 45.0 Å². The molecule has 1 aromatic rings. The lowest BCUT2D eigenvalue weighted by Gasteiger charge is -2.45. The normalized spacial score (nSPS) is 24.3. The van der Waals surface area contributed by atoms with E-state index in [1.165, 1.54) is 12.8 Å². The van der Waals surface area contributed by atoms with Crippen LogP contribution in [0.3, 0.4) is 0 Å². The Kier molecular flexibility index (Phi) is 5.88. The Balaban J connectivity index is 1.97. The molecule has 1 aromatic carbocycles. The first-order valence-corrected chi connectivity index (χ1v) is 8.32. The summed E-state index contributed by atoms with van der Waals surface area (Å²) in [6.07, 6.45) is 4.74. The van der Waals surface area contributed by atoms with Crippen molar-refractivity contribution in [1.29, 1.82) is 0 Å². The van der Waals surface area contributed by atoms with Crippen LogP contribution in [-0.4, -0.2) is 44.2 Å². The summed E-state index contributed by atoms with van der Waals surface area (Å²) in [4.78, 5) is 14.5. The van der Waals surface area contributed by atoms with Crippen LogP contribution in [0.2, 0.25) is 0 Å². The summed E-state index contributed by atoms with van der Waals surface area (Å²) >= 11 is 0. The summed E-state index contributed by atoms with van der Waals surface area (Å²) in [6.45, 7) is 2.96. The molecule has 2 rings (SSSR count). The van der Waals surface area contributed by atoms with Crippen molar-refractivity contribution in [2.75, 3.05) is 33.1 Å². The van der Waals surface area contributed by atoms with Gasteiger partial charge in [-0.15, -0.1) is 0 Å². The van der Waals surface area contributed by atoms with E-state index in [9.17, 15) is 4.79 Å². The Labute approximate surface area is 139 Å². The average molecular weight is 319 g/mol. The molecule has 0 bridgehead atoms. The highest BCUT2D eigenvalue weighted by Gasteiger charge is 2.37. The molecule has 5 heteroatoms. The first kappa shape index (κ1) is 17.6. The Morgan fingerprint density at radius 1 is 1.39 bits per heavy atom. The summed E-state index contributed by atoms with van der Waals surface area (Å²) in [5.41, 5.74) is 0.735. The molecule has 0 radical (unpaired) electrons. The smallest absolute Gasteiger partial charge is 0.319 e. The van der Waals surface area contributed by atoms with E-state index in [4.69, 9.17) is 4.74 Å². The van der Waals surface area contributed by atoms with E-state index in [1.807, 2.05) is 24.3 Å². The maximum atomic E-state index is 12.3. The van der Waals surface area contributed by atoms with Crippen LogP contribution in [0.1, 0.15) is 32.6 Å². The number of nitrogens with zero attached hydrogens (tertiary/aromatic N) is 1. The predicted octanol–water partition coefficient (Wildman–Crippen LogP) is 3.33. The van der Waals surface area contributed by atoms with Crippen LogP contribution in [-0.2, 0) is 0 Å². The second kappa shape index (κ2) is 7.68. The molecule has 1 saturated carbocycles. The van der Waals surface area contributed by atoms with Gasteiger partial charge in [0.05, 0.1) is 12.8 Å². The molecule has 0 aliphatic heterocycles. The molecule has 23 heavy (non-hydrogen) atoms. The molecule has 0 saturated heterocycles. The third-order valence-corrected chi connectivity index (χ3v) is 4.95. The monoisotopic (exact) mass is 319 g/mol. The number of carbonyl (C=O) groups is 1. The fraction of sp³-hybridized carbons (Fsp3) is 0.611. The number of para-hydroxylation sites is 2. The zero-order valence-electron chi connectivity index (χ0n) is 14.7. The molecule has 2 atom stereocenters. The minimum atomic E-state index is -0.186. The third kappa shape index (κ3) is 4.38. The largest absolute Gasteiger partial charge is 0.495 e. The van der Waals surface area contributed by atoms with Gasteiger partial charge in [0, 0.05) is 12.1 Å². The van der Waals surface area contributed by atoms with Crippen LogP contribution >= 0.6 is 0 Å². The predicted molar refractivity (Wildman–Crippen MR) is 94.1 cm³/mol. The van der Waals surface area contributed by atoms with Gasteiger partial charge < -0.3 is 20.3 Å². The highest BCUT2D eigenvalue weighted by molar-refractivity contribution is 5.90. The number of ether oxygens (including phenoxy) is 1. The Bertz CT molecular complexity index is 533. The second-order valence-corrected chi connectivity index (χ2v) is 6.83. The highest BCUT2D eigenvalue weighted by atomic mass is 16.5. The summed E-state index contributed by atoms with van der Waals surface area (Å²) in [6, 6.07) is 7.24. The molecular weight excluding hydrogens is 290 g/mol. The van der Waals surface area contributed by atoms with Gasteiger partial charge in [-0.25, -0.2) is 4.79 Å². The number of hydrogen-bond acceptors (Lipinski definition) is 3. The molecule has 1 aliphatic rings. The van der Waals surface area contributed by atoms with Gasteiger partial charge in [-0.3, -0.25) is 0 Å². The molecule has 1 fully saturated rings. The number of urea groups is 1. The second-order valence-electron chi connectivity index (χ2n) is 6.83. The van der Waals surface area contributed by atoms with Crippen molar-refractivity contribution >= 4 is 11.7 Å². The van der Waals surface area contributed by atoms with E-state index in [0.717, 1.165) is 12.8 Å². The van der Waals surface area contributed by atoms with Crippen molar-refractivity contribution in [3.05, 3.63) is 24.3 Å². The van der Waals surface area contributed by atoms with Crippen molar-refractivity contribution in [3.63, 3.8) is 0 Å². The Hall–Kier alpha value is -1.75. The Morgan fingerprint density at radius 3 is 2.78 bits per heavy atom. The van der Waals surface area contributed by atoms with E-state index < -0.39 is 0 Å². The summed E-state index contributed by atoms with van der Waals surface area (Å²) in [5, 5.41) is 5.92. The summed E-state index contributed by atoms with van der Waals surface area (Å²) in [7, 11) is 5.82. The zero-order chi connectivity index (χ0) is 16.9. The van der Waals surface area contributed by atoms with E-state index in [2.05, 4.69) is 36.6 Å². The summed E-state index contributed by atoms with van der Waals surface area (Å²) < 4.78 is 5.26. The van der Waals surface area contributed by atoms with Gasteiger partial charge in [0.2, 0.25) is 0 Å². The molecular formula is C18H29N3O2. The van der Waals surface area contributed by atoms with Crippen LogP contribution in [0.4, 0.5) is 10.5 Å². The zero-order valence-corrected chi connectivity index (χ0v) is 14.7. The van der Waals surface area contributed by atoms with Crippen LogP contribution in [0, 0.1) is 5.92 Å². The first-order chi connectivity index (χ1) is 11.0. The van der Waals surface area contributed by atoms with Crippen LogP contribution in [0.25, 0.3) is 0 Å². The molecule has 0 aromatic heterocycles.